The zero-order valence-corrected chi connectivity index (χ0v) is 13.1. The molecule has 0 unspecified atom stereocenters. The van der Waals surface area contributed by atoms with Crippen LogP contribution in [0.25, 0.3) is 11.8 Å². The highest BCUT2D eigenvalue weighted by Gasteiger charge is 2.21. The first kappa shape index (κ1) is 13.8. The molecule has 0 N–H and O–H groups in total. The third kappa shape index (κ3) is 3.14. The zero-order chi connectivity index (χ0) is 14.8. The number of aryl methyl sites for hydroxylation is 1. The third-order valence-corrected chi connectivity index (χ3v) is 3.78. The third-order valence-electron chi connectivity index (χ3n) is 3.25. The van der Waals surface area contributed by atoms with Crippen LogP contribution in [0.15, 0.2) is 64.7 Å². The van der Waals surface area contributed by atoms with Gasteiger partial charge in [0.15, 0.2) is 0 Å². The maximum Gasteiger partial charge on any atom is 0.343 e. The van der Waals surface area contributed by atoms with Gasteiger partial charge in [0.05, 0.1) is 5.57 Å². The van der Waals surface area contributed by atoms with E-state index in [0.717, 1.165) is 15.6 Å². The van der Waals surface area contributed by atoms with Gasteiger partial charge in [0, 0.05) is 10.0 Å². The average Bonchev–Trinajstić information content (AvgIpc) is 2.83. The van der Waals surface area contributed by atoms with E-state index in [2.05, 4.69) is 15.9 Å². The Labute approximate surface area is 131 Å². The molecule has 2 nitrogen and oxygen atoms in total. The Bertz CT molecular complexity index is 738. The first-order valence-electron chi connectivity index (χ1n) is 6.60. The molecule has 2 aromatic carbocycles. The molecule has 0 fully saturated rings. The van der Waals surface area contributed by atoms with Crippen LogP contribution in [-0.2, 0) is 9.53 Å². The summed E-state index contributed by atoms with van der Waals surface area (Å²) < 4.78 is 6.35. The van der Waals surface area contributed by atoms with E-state index in [1.807, 2.05) is 61.5 Å². The molecule has 0 spiro atoms. The molecule has 0 radical (unpaired) electrons. The van der Waals surface area contributed by atoms with Gasteiger partial charge in [-0.05, 0) is 36.8 Å². The summed E-state index contributed by atoms with van der Waals surface area (Å²) in [5.41, 5.74) is 3.61. The molecule has 21 heavy (non-hydrogen) atoms. The summed E-state index contributed by atoms with van der Waals surface area (Å²) in [5.74, 6) is 0.289. The van der Waals surface area contributed by atoms with Gasteiger partial charge >= 0.3 is 5.97 Å². The van der Waals surface area contributed by atoms with Crippen LogP contribution in [-0.4, -0.2) is 5.97 Å². The molecule has 1 aliphatic rings. The van der Waals surface area contributed by atoms with Gasteiger partial charge in [-0.3, -0.25) is 0 Å². The summed E-state index contributed by atoms with van der Waals surface area (Å²) in [6, 6.07) is 15.7. The number of esters is 1. The lowest BCUT2D eigenvalue weighted by molar-refractivity contribution is -0.130. The first-order valence-corrected chi connectivity index (χ1v) is 7.39. The van der Waals surface area contributed by atoms with E-state index < -0.39 is 0 Å². The van der Waals surface area contributed by atoms with Crippen molar-refractivity contribution >= 4 is 33.7 Å². The summed E-state index contributed by atoms with van der Waals surface area (Å²) >= 11 is 3.39. The van der Waals surface area contributed by atoms with Crippen molar-refractivity contribution in [3.05, 3.63) is 81.3 Å². The van der Waals surface area contributed by atoms with Crippen LogP contribution in [0.4, 0.5) is 0 Å². The molecular weight excluding hydrogens is 328 g/mol. The monoisotopic (exact) mass is 340 g/mol. The van der Waals surface area contributed by atoms with E-state index in [4.69, 9.17) is 4.74 Å². The lowest BCUT2D eigenvalue weighted by Gasteiger charge is -2.01. The number of halogens is 1. The predicted octanol–water partition coefficient (Wildman–Crippen LogP) is 4.74. The van der Waals surface area contributed by atoms with Crippen molar-refractivity contribution in [1.29, 1.82) is 0 Å². The van der Waals surface area contributed by atoms with Crippen LogP contribution in [0.1, 0.15) is 16.7 Å². The molecule has 0 saturated carbocycles. The summed E-state index contributed by atoms with van der Waals surface area (Å²) in [7, 11) is 0. The van der Waals surface area contributed by atoms with Crippen molar-refractivity contribution < 1.29 is 9.53 Å². The Hall–Kier alpha value is -2.13. The fourth-order valence-electron chi connectivity index (χ4n) is 2.09. The largest absolute Gasteiger partial charge is 0.422 e. The minimum absolute atomic E-state index is 0.312. The van der Waals surface area contributed by atoms with Crippen molar-refractivity contribution in [3.8, 4) is 0 Å². The summed E-state index contributed by atoms with van der Waals surface area (Å²) in [5, 5.41) is 0. The molecule has 2 aromatic rings. The fourth-order valence-corrected chi connectivity index (χ4v) is 2.35. The number of carbonyl (C=O) groups excluding carboxylic acids is 1. The first-order chi connectivity index (χ1) is 10.1. The van der Waals surface area contributed by atoms with Gasteiger partial charge in [0.2, 0.25) is 0 Å². The molecule has 0 aromatic heterocycles. The number of benzene rings is 2. The van der Waals surface area contributed by atoms with Gasteiger partial charge in [-0.2, -0.15) is 0 Å². The minimum atomic E-state index is -0.312. The molecule has 0 atom stereocenters. The molecule has 0 amide bonds. The molecule has 1 heterocycles. The van der Waals surface area contributed by atoms with E-state index >= 15 is 0 Å². The number of carbonyl (C=O) groups is 1. The number of ether oxygens (including phenoxy) is 1. The lowest BCUT2D eigenvalue weighted by Crippen LogP contribution is -1.97. The molecule has 104 valence electrons. The van der Waals surface area contributed by atoms with Crippen LogP contribution in [0, 0.1) is 6.92 Å². The highest BCUT2D eigenvalue weighted by Crippen LogP contribution is 2.27. The highest BCUT2D eigenvalue weighted by molar-refractivity contribution is 9.10. The molecule has 1 aliphatic heterocycles. The smallest absolute Gasteiger partial charge is 0.343 e. The SMILES string of the molecule is Cc1ccc(C2=C/C(=C\c3ccc(Br)cc3)C(=O)O2)cc1. The van der Waals surface area contributed by atoms with Crippen molar-refractivity contribution in [2.45, 2.75) is 6.92 Å². The van der Waals surface area contributed by atoms with Crippen LogP contribution < -0.4 is 0 Å². The zero-order valence-electron chi connectivity index (χ0n) is 11.5. The molecule has 0 saturated heterocycles. The molecule has 3 heteroatoms. The van der Waals surface area contributed by atoms with Gasteiger partial charge in [-0.15, -0.1) is 0 Å². The van der Waals surface area contributed by atoms with E-state index in [0.29, 0.717) is 11.3 Å². The number of hydrogen-bond donors (Lipinski definition) is 0. The second kappa shape index (κ2) is 5.70. The van der Waals surface area contributed by atoms with E-state index in [9.17, 15) is 4.79 Å². The van der Waals surface area contributed by atoms with Gasteiger partial charge in [-0.1, -0.05) is 57.9 Å². The molecule has 0 aliphatic carbocycles. The lowest BCUT2D eigenvalue weighted by atomic mass is 10.1. The van der Waals surface area contributed by atoms with E-state index in [1.54, 1.807) is 6.08 Å². The topological polar surface area (TPSA) is 26.3 Å². The summed E-state index contributed by atoms with van der Waals surface area (Å²) in [6.45, 7) is 2.03. The maximum atomic E-state index is 11.9. The predicted molar refractivity (Wildman–Crippen MR) is 87.4 cm³/mol. The van der Waals surface area contributed by atoms with Crippen LogP contribution in [0.5, 0.6) is 0 Å². The Balaban J connectivity index is 1.91. The Morgan fingerprint density at radius 3 is 2.33 bits per heavy atom. The average molecular weight is 341 g/mol. The van der Waals surface area contributed by atoms with E-state index in [-0.39, 0.29) is 5.97 Å². The van der Waals surface area contributed by atoms with Crippen molar-refractivity contribution in [1.82, 2.24) is 0 Å². The van der Waals surface area contributed by atoms with Crippen molar-refractivity contribution in [2.24, 2.45) is 0 Å². The molecule has 0 bridgehead atoms. The number of cyclic esters (lactones) is 1. The van der Waals surface area contributed by atoms with Crippen LogP contribution >= 0.6 is 15.9 Å². The molecule has 3 rings (SSSR count). The van der Waals surface area contributed by atoms with Gasteiger partial charge in [0.1, 0.15) is 5.76 Å². The standard InChI is InChI=1S/C18H13BrO2/c1-12-2-6-14(7-3-12)17-11-15(18(20)21-17)10-13-4-8-16(19)9-5-13/h2-11H,1H3/b15-10+. The van der Waals surface area contributed by atoms with Crippen LogP contribution in [0.2, 0.25) is 0 Å². The second-order valence-corrected chi connectivity index (χ2v) is 5.83. The number of hydrogen-bond acceptors (Lipinski definition) is 2. The minimum Gasteiger partial charge on any atom is -0.422 e. The highest BCUT2D eigenvalue weighted by atomic mass is 79.9. The molecular formula is C18H13BrO2. The fraction of sp³-hybridized carbons (Fsp3) is 0.0556. The van der Waals surface area contributed by atoms with Crippen molar-refractivity contribution in [3.63, 3.8) is 0 Å². The normalized spacial score (nSPS) is 16.0. The van der Waals surface area contributed by atoms with Gasteiger partial charge in [-0.25, -0.2) is 4.79 Å². The van der Waals surface area contributed by atoms with Gasteiger partial charge < -0.3 is 4.74 Å². The Morgan fingerprint density at radius 1 is 1.00 bits per heavy atom. The second-order valence-electron chi connectivity index (χ2n) is 4.92. The number of rotatable bonds is 2. The maximum absolute atomic E-state index is 11.9. The Kier molecular flexibility index (Phi) is 3.76. The van der Waals surface area contributed by atoms with E-state index in [1.165, 1.54) is 5.56 Å². The summed E-state index contributed by atoms with van der Waals surface area (Å²) in [4.78, 5) is 11.9. The van der Waals surface area contributed by atoms with Crippen molar-refractivity contribution in [2.75, 3.05) is 0 Å². The summed E-state index contributed by atoms with van der Waals surface area (Å²) in [6.07, 6.45) is 3.62. The Morgan fingerprint density at radius 2 is 1.67 bits per heavy atom. The van der Waals surface area contributed by atoms with Gasteiger partial charge in [0.25, 0.3) is 0 Å². The van der Waals surface area contributed by atoms with Crippen LogP contribution in [0.3, 0.4) is 0 Å². The quantitative estimate of drug-likeness (QED) is 0.583.